The molecule has 0 heterocycles. The molecule has 0 fully saturated rings. The van der Waals surface area contributed by atoms with E-state index >= 15 is 0 Å². The van der Waals surface area contributed by atoms with E-state index in [-0.39, 0.29) is 0 Å². The van der Waals surface area contributed by atoms with Crippen LogP contribution >= 0.6 is 11.8 Å². The van der Waals surface area contributed by atoms with Crippen LogP contribution in [0, 0.1) is 0 Å². The average Bonchev–Trinajstić information content (AvgIpc) is 1.95. The maximum absolute atomic E-state index is 5.95. The molecule has 0 aliphatic heterocycles. The Balaban J connectivity index is 3.37. The summed E-state index contributed by atoms with van der Waals surface area (Å²) in [7, 11) is 0. The van der Waals surface area contributed by atoms with Crippen LogP contribution in [0.5, 0.6) is 0 Å². The number of hydrogen-bond donors (Lipinski definition) is 1. The molecule has 0 spiro atoms. The van der Waals surface area contributed by atoms with Gasteiger partial charge in [0.15, 0.2) is 0 Å². The molecule has 0 bridgehead atoms. The molecular formula is C10H23NS. The molecule has 0 saturated heterocycles. The highest BCUT2D eigenvalue weighted by atomic mass is 32.2. The van der Waals surface area contributed by atoms with Crippen LogP contribution < -0.4 is 5.73 Å². The van der Waals surface area contributed by atoms with Gasteiger partial charge in [0.05, 0.1) is 0 Å². The van der Waals surface area contributed by atoms with Crippen LogP contribution in [-0.2, 0) is 0 Å². The number of thioether (sulfide) groups is 1. The maximum Gasteiger partial charge on any atom is 0.0130 e. The Kier molecular flexibility index (Phi) is 6.02. The zero-order chi connectivity index (χ0) is 9.61. The molecule has 0 aliphatic rings. The van der Waals surface area contributed by atoms with Crippen LogP contribution in [0.15, 0.2) is 0 Å². The number of nitrogens with two attached hydrogens (primary N) is 1. The minimum absolute atomic E-state index is 0.365. The second kappa shape index (κ2) is 5.87. The first-order valence-corrected chi connectivity index (χ1v) is 5.84. The van der Waals surface area contributed by atoms with Crippen molar-refractivity contribution in [1.82, 2.24) is 0 Å². The SMILES string of the molecule is CCCCC(N)CSC(C)(C)C. The molecule has 1 atom stereocenters. The molecule has 0 rings (SSSR count). The summed E-state index contributed by atoms with van der Waals surface area (Å²) in [6.07, 6.45) is 3.71. The van der Waals surface area contributed by atoms with Crippen molar-refractivity contribution < 1.29 is 0 Å². The predicted molar refractivity (Wildman–Crippen MR) is 59.7 cm³/mol. The summed E-state index contributed by atoms with van der Waals surface area (Å²) in [5, 5.41) is 0. The van der Waals surface area contributed by atoms with Gasteiger partial charge >= 0.3 is 0 Å². The van der Waals surface area contributed by atoms with Crippen molar-refractivity contribution in [3.8, 4) is 0 Å². The van der Waals surface area contributed by atoms with Crippen LogP contribution in [0.2, 0.25) is 0 Å². The lowest BCUT2D eigenvalue weighted by atomic mass is 10.2. The molecule has 0 amide bonds. The Morgan fingerprint density at radius 1 is 1.33 bits per heavy atom. The van der Waals surface area contributed by atoms with Crippen molar-refractivity contribution in [2.75, 3.05) is 5.75 Å². The van der Waals surface area contributed by atoms with Crippen LogP contribution in [0.3, 0.4) is 0 Å². The Morgan fingerprint density at radius 2 is 1.92 bits per heavy atom. The standard InChI is InChI=1S/C10H23NS/c1-5-6-7-9(11)8-12-10(2,3)4/h9H,5-8,11H2,1-4H3. The molecule has 1 unspecified atom stereocenters. The molecule has 0 saturated carbocycles. The van der Waals surface area contributed by atoms with Crippen LogP contribution in [0.25, 0.3) is 0 Å². The highest BCUT2D eigenvalue weighted by Gasteiger charge is 2.12. The van der Waals surface area contributed by atoms with Crippen molar-refractivity contribution in [1.29, 1.82) is 0 Å². The van der Waals surface area contributed by atoms with Gasteiger partial charge in [-0.2, -0.15) is 11.8 Å². The van der Waals surface area contributed by atoms with Crippen molar-refractivity contribution in [2.45, 2.75) is 57.7 Å². The van der Waals surface area contributed by atoms with Gasteiger partial charge in [-0.1, -0.05) is 40.5 Å². The lowest BCUT2D eigenvalue weighted by Gasteiger charge is -2.20. The van der Waals surface area contributed by atoms with Crippen LogP contribution in [0.1, 0.15) is 47.0 Å². The maximum atomic E-state index is 5.95. The van der Waals surface area contributed by atoms with E-state index < -0.39 is 0 Å². The van der Waals surface area contributed by atoms with Gasteiger partial charge in [-0.3, -0.25) is 0 Å². The molecule has 0 aromatic heterocycles. The Labute approximate surface area is 81.5 Å². The Hall–Kier alpha value is 0.310. The zero-order valence-electron chi connectivity index (χ0n) is 8.89. The molecule has 0 aliphatic carbocycles. The zero-order valence-corrected chi connectivity index (χ0v) is 9.71. The van der Waals surface area contributed by atoms with Gasteiger partial charge in [-0.05, 0) is 6.42 Å². The third kappa shape index (κ3) is 8.41. The molecule has 0 radical (unpaired) electrons. The molecule has 0 aromatic carbocycles. The smallest absolute Gasteiger partial charge is 0.0130 e. The third-order valence-corrected chi connectivity index (χ3v) is 3.12. The summed E-state index contributed by atoms with van der Waals surface area (Å²) in [4.78, 5) is 0. The van der Waals surface area contributed by atoms with Crippen molar-refractivity contribution in [3.05, 3.63) is 0 Å². The Bertz CT molecular complexity index is 107. The van der Waals surface area contributed by atoms with E-state index in [1.165, 1.54) is 19.3 Å². The summed E-state index contributed by atoms with van der Waals surface area (Å²) < 4.78 is 0.365. The van der Waals surface area contributed by atoms with Crippen molar-refractivity contribution in [3.63, 3.8) is 0 Å². The van der Waals surface area contributed by atoms with Gasteiger partial charge in [-0.15, -0.1) is 0 Å². The number of unbranched alkanes of at least 4 members (excludes halogenated alkanes) is 1. The van der Waals surface area contributed by atoms with E-state index in [2.05, 4.69) is 27.7 Å². The molecule has 12 heavy (non-hydrogen) atoms. The second-order valence-electron chi connectivity index (χ2n) is 4.33. The minimum Gasteiger partial charge on any atom is -0.327 e. The average molecular weight is 189 g/mol. The minimum atomic E-state index is 0.365. The lowest BCUT2D eigenvalue weighted by Crippen LogP contribution is -2.25. The van der Waals surface area contributed by atoms with E-state index in [4.69, 9.17) is 5.73 Å². The van der Waals surface area contributed by atoms with Gasteiger partial charge in [0.1, 0.15) is 0 Å². The van der Waals surface area contributed by atoms with E-state index in [0.717, 1.165) is 5.75 Å². The first-order chi connectivity index (χ1) is 5.45. The van der Waals surface area contributed by atoms with Crippen molar-refractivity contribution in [2.24, 2.45) is 5.73 Å². The van der Waals surface area contributed by atoms with Gasteiger partial charge in [-0.25, -0.2) is 0 Å². The fourth-order valence-corrected chi connectivity index (χ4v) is 1.79. The van der Waals surface area contributed by atoms with Crippen LogP contribution in [-0.4, -0.2) is 16.5 Å². The number of hydrogen-bond acceptors (Lipinski definition) is 2. The molecule has 1 nitrogen and oxygen atoms in total. The summed E-state index contributed by atoms with van der Waals surface area (Å²) in [6.45, 7) is 8.93. The van der Waals surface area contributed by atoms with E-state index in [1.54, 1.807) is 0 Å². The van der Waals surface area contributed by atoms with Crippen molar-refractivity contribution >= 4 is 11.8 Å². The molecular weight excluding hydrogens is 166 g/mol. The third-order valence-electron chi connectivity index (χ3n) is 1.66. The Morgan fingerprint density at radius 3 is 2.33 bits per heavy atom. The van der Waals surface area contributed by atoms with E-state index in [9.17, 15) is 0 Å². The fraction of sp³-hybridized carbons (Fsp3) is 1.00. The molecule has 0 aromatic rings. The highest BCUT2D eigenvalue weighted by molar-refractivity contribution is 8.00. The fourth-order valence-electron chi connectivity index (χ4n) is 0.907. The second-order valence-corrected chi connectivity index (χ2v) is 6.17. The molecule has 2 N–H and O–H groups in total. The van der Waals surface area contributed by atoms with Gasteiger partial charge in [0, 0.05) is 16.5 Å². The van der Waals surface area contributed by atoms with Gasteiger partial charge in [0.2, 0.25) is 0 Å². The monoisotopic (exact) mass is 189 g/mol. The van der Waals surface area contributed by atoms with Gasteiger partial charge < -0.3 is 5.73 Å². The normalized spacial score (nSPS) is 14.8. The topological polar surface area (TPSA) is 26.0 Å². The first kappa shape index (κ1) is 12.3. The first-order valence-electron chi connectivity index (χ1n) is 4.85. The highest BCUT2D eigenvalue weighted by Crippen LogP contribution is 2.24. The largest absolute Gasteiger partial charge is 0.327 e. The molecule has 2 heteroatoms. The summed E-state index contributed by atoms with van der Waals surface area (Å²) in [6, 6.07) is 0.397. The van der Waals surface area contributed by atoms with E-state index in [0.29, 0.717) is 10.8 Å². The summed E-state index contributed by atoms with van der Waals surface area (Å²) >= 11 is 1.97. The van der Waals surface area contributed by atoms with Crippen LogP contribution in [0.4, 0.5) is 0 Å². The number of rotatable bonds is 5. The lowest BCUT2D eigenvalue weighted by molar-refractivity contribution is 0.619. The van der Waals surface area contributed by atoms with E-state index in [1.807, 2.05) is 11.8 Å². The summed E-state index contributed by atoms with van der Waals surface area (Å²) in [5.74, 6) is 1.10. The van der Waals surface area contributed by atoms with Gasteiger partial charge in [0.25, 0.3) is 0 Å². The molecule has 74 valence electrons. The predicted octanol–water partition coefficient (Wildman–Crippen LogP) is 3.04. The quantitative estimate of drug-likeness (QED) is 0.719. The summed E-state index contributed by atoms with van der Waals surface area (Å²) in [5.41, 5.74) is 5.95.